The number of carbonyl (C=O) groups is 1. The number of unbranched alkanes of at least 4 members (excludes halogenated alkanes) is 1. The number of hydrogen-bond acceptors (Lipinski definition) is 2. The Bertz CT molecular complexity index is 592. The second kappa shape index (κ2) is 6.57. The van der Waals surface area contributed by atoms with Gasteiger partial charge in [-0.15, -0.1) is 0 Å². The monoisotopic (exact) mass is 286 g/mol. The van der Waals surface area contributed by atoms with Crippen LogP contribution >= 0.6 is 0 Å². The first-order valence-corrected chi connectivity index (χ1v) is 7.31. The maximum absolute atomic E-state index is 11.7. The van der Waals surface area contributed by atoms with Crippen molar-refractivity contribution in [2.24, 2.45) is 0 Å². The minimum Gasteiger partial charge on any atom is -0.481 e. The van der Waals surface area contributed by atoms with Crippen LogP contribution in [0.25, 0.3) is 0 Å². The molecule has 4 heteroatoms. The highest BCUT2D eigenvalue weighted by atomic mass is 16.4. The first kappa shape index (κ1) is 15.3. The minimum absolute atomic E-state index is 0.639. The molecule has 0 fully saturated rings. The summed E-state index contributed by atoms with van der Waals surface area (Å²) < 4.78 is 2.10. The van der Waals surface area contributed by atoms with Gasteiger partial charge < -0.3 is 9.67 Å². The predicted octanol–water partition coefficient (Wildman–Crippen LogP) is 3.40. The van der Waals surface area contributed by atoms with Crippen molar-refractivity contribution in [3.05, 3.63) is 54.1 Å². The molecule has 0 aliphatic carbocycles. The van der Waals surface area contributed by atoms with Gasteiger partial charge in [-0.2, -0.15) is 0 Å². The Morgan fingerprint density at radius 1 is 1.29 bits per heavy atom. The fraction of sp³-hybridized carbons (Fsp3) is 0.412. The molecule has 4 nitrogen and oxygen atoms in total. The van der Waals surface area contributed by atoms with Crippen LogP contribution in [0.1, 0.15) is 37.6 Å². The summed E-state index contributed by atoms with van der Waals surface area (Å²) in [7, 11) is 0. The maximum atomic E-state index is 11.7. The van der Waals surface area contributed by atoms with E-state index in [0.717, 1.165) is 30.8 Å². The molecule has 0 aliphatic heterocycles. The lowest BCUT2D eigenvalue weighted by atomic mass is 9.78. The number of aromatic nitrogens is 2. The summed E-state index contributed by atoms with van der Waals surface area (Å²) in [6.45, 7) is 4.68. The predicted molar refractivity (Wildman–Crippen MR) is 82.2 cm³/mol. The van der Waals surface area contributed by atoms with Crippen molar-refractivity contribution >= 4 is 5.97 Å². The van der Waals surface area contributed by atoms with Gasteiger partial charge in [-0.1, -0.05) is 36.8 Å². The lowest BCUT2D eigenvalue weighted by Gasteiger charge is -2.25. The van der Waals surface area contributed by atoms with E-state index in [2.05, 4.69) is 9.55 Å². The zero-order valence-electron chi connectivity index (χ0n) is 12.6. The van der Waals surface area contributed by atoms with Crippen LogP contribution in [0.15, 0.2) is 42.7 Å². The molecular weight excluding hydrogens is 264 g/mol. The van der Waals surface area contributed by atoms with Gasteiger partial charge in [0, 0.05) is 18.9 Å². The number of carboxylic acids is 1. The van der Waals surface area contributed by atoms with E-state index in [1.54, 1.807) is 6.20 Å². The minimum atomic E-state index is -0.814. The molecule has 0 radical (unpaired) electrons. The average Bonchev–Trinajstić information content (AvgIpc) is 2.89. The van der Waals surface area contributed by atoms with Crippen molar-refractivity contribution in [2.45, 2.75) is 45.1 Å². The lowest BCUT2D eigenvalue weighted by Crippen LogP contribution is -2.32. The van der Waals surface area contributed by atoms with Gasteiger partial charge in [-0.05, 0) is 32.3 Å². The number of benzene rings is 1. The quantitative estimate of drug-likeness (QED) is 0.794. The Labute approximate surface area is 125 Å². The number of imidazole rings is 1. The van der Waals surface area contributed by atoms with Crippen LogP contribution < -0.4 is 0 Å². The van der Waals surface area contributed by atoms with Gasteiger partial charge in [-0.3, -0.25) is 4.79 Å². The zero-order valence-corrected chi connectivity index (χ0v) is 12.6. The third kappa shape index (κ3) is 3.51. The molecule has 0 amide bonds. The molecule has 1 heterocycles. The summed E-state index contributed by atoms with van der Waals surface area (Å²) in [5, 5.41) is 9.60. The Hall–Kier alpha value is -2.10. The van der Waals surface area contributed by atoms with Crippen LogP contribution in [-0.2, 0) is 16.8 Å². The molecule has 2 aromatic rings. The van der Waals surface area contributed by atoms with E-state index < -0.39 is 11.4 Å². The first-order valence-electron chi connectivity index (χ1n) is 7.31. The highest BCUT2D eigenvalue weighted by Gasteiger charge is 2.34. The highest BCUT2D eigenvalue weighted by Crippen LogP contribution is 2.30. The Balaban J connectivity index is 1.95. The Morgan fingerprint density at radius 3 is 2.57 bits per heavy atom. The van der Waals surface area contributed by atoms with E-state index in [1.165, 1.54) is 0 Å². The molecular formula is C17H22N2O2. The third-order valence-electron chi connectivity index (χ3n) is 4.13. The molecule has 0 spiro atoms. The maximum Gasteiger partial charge on any atom is 0.313 e. The standard InChI is InChI=1S/C17H22N2O2/c1-14-18-11-13-19(14)12-7-6-10-17(2,16(20)21)15-8-4-3-5-9-15/h3-5,8-9,11,13H,6-7,10,12H2,1-2H3,(H,20,21). The Morgan fingerprint density at radius 2 is 2.00 bits per heavy atom. The summed E-state index contributed by atoms with van der Waals surface area (Å²) in [4.78, 5) is 15.9. The number of rotatable bonds is 7. The van der Waals surface area contributed by atoms with E-state index in [1.807, 2.05) is 50.4 Å². The van der Waals surface area contributed by atoms with Crippen molar-refractivity contribution in [3.8, 4) is 0 Å². The van der Waals surface area contributed by atoms with Crippen molar-refractivity contribution in [3.63, 3.8) is 0 Å². The van der Waals surface area contributed by atoms with Gasteiger partial charge >= 0.3 is 5.97 Å². The van der Waals surface area contributed by atoms with Crippen LogP contribution in [0.4, 0.5) is 0 Å². The SMILES string of the molecule is Cc1nccn1CCCCC(C)(C(=O)O)c1ccccc1. The van der Waals surface area contributed by atoms with Crippen LogP contribution in [0.5, 0.6) is 0 Å². The lowest BCUT2D eigenvalue weighted by molar-refractivity contribution is -0.143. The van der Waals surface area contributed by atoms with Crippen molar-refractivity contribution < 1.29 is 9.90 Å². The van der Waals surface area contributed by atoms with Crippen LogP contribution in [-0.4, -0.2) is 20.6 Å². The number of aliphatic carboxylic acids is 1. The second-order valence-electron chi connectivity index (χ2n) is 5.63. The smallest absolute Gasteiger partial charge is 0.313 e. The van der Waals surface area contributed by atoms with E-state index in [0.29, 0.717) is 6.42 Å². The first-order chi connectivity index (χ1) is 10.0. The molecule has 0 aliphatic rings. The van der Waals surface area contributed by atoms with E-state index in [9.17, 15) is 9.90 Å². The van der Waals surface area contributed by atoms with Gasteiger partial charge in [0.05, 0.1) is 5.41 Å². The Kier molecular flexibility index (Phi) is 4.78. The normalized spacial score (nSPS) is 13.8. The van der Waals surface area contributed by atoms with E-state index in [-0.39, 0.29) is 0 Å². The van der Waals surface area contributed by atoms with Crippen LogP contribution in [0, 0.1) is 6.92 Å². The fourth-order valence-electron chi connectivity index (χ4n) is 2.58. The largest absolute Gasteiger partial charge is 0.481 e. The van der Waals surface area contributed by atoms with Gasteiger partial charge in [0.15, 0.2) is 0 Å². The number of aryl methyl sites for hydroxylation is 2. The molecule has 112 valence electrons. The molecule has 1 unspecified atom stereocenters. The summed E-state index contributed by atoms with van der Waals surface area (Å²) in [6.07, 6.45) is 6.21. The van der Waals surface area contributed by atoms with E-state index >= 15 is 0 Å². The van der Waals surface area contributed by atoms with Crippen molar-refractivity contribution in [2.75, 3.05) is 0 Å². The average molecular weight is 286 g/mol. The molecule has 1 atom stereocenters. The van der Waals surface area contributed by atoms with Gasteiger partial charge in [-0.25, -0.2) is 4.98 Å². The molecule has 1 N–H and O–H groups in total. The molecule has 21 heavy (non-hydrogen) atoms. The van der Waals surface area contributed by atoms with Gasteiger partial charge in [0.1, 0.15) is 5.82 Å². The van der Waals surface area contributed by atoms with Crippen molar-refractivity contribution in [1.29, 1.82) is 0 Å². The fourth-order valence-corrected chi connectivity index (χ4v) is 2.58. The number of nitrogens with zero attached hydrogens (tertiary/aromatic N) is 2. The van der Waals surface area contributed by atoms with Crippen LogP contribution in [0.2, 0.25) is 0 Å². The topological polar surface area (TPSA) is 55.1 Å². The molecule has 1 aromatic heterocycles. The highest BCUT2D eigenvalue weighted by molar-refractivity contribution is 5.80. The third-order valence-corrected chi connectivity index (χ3v) is 4.13. The van der Waals surface area contributed by atoms with E-state index in [4.69, 9.17) is 0 Å². The summed E-state index contributed by atoms with van der Waals surface area (Å²) in [6, 6.07) is 9.49. The summed E-state index contributed by atoms with van der Waals surface area (Å²) >= 11 is 0. The molecule has 0 saturated carbocycles. The number of carboxylic acid groups (broad SMARTS) is 1. The van der Waals surface area contributed by atoms with Crippen molar-refractivity contribution in [1.82, 2.24) is 9.55 Å². The summed E-state index contributed by atoms with van der Waals surface area (Å²) in [5.41, 5.74) is 0.0573. The molecule has 0 saturated heterocycles. The molecule has 1 aromatic carbocycles. The zero-order chi connectivity index (χ0) is 15.3. The van der Waals surface area contributed by atoms with Gasteiger partial charge in [0.25, 0.3) is 0 Å². The molecule has 0 bridgehead atoms. The summed E-state index contributed by atoms with van der Waals surface area (Å²) in [5.74, 6) is 0.242. The second-order valence-corrected chi connectivity index (χ2v) is 5.63. The number of hydrogen-bond donors (Lipinski definition) is 1. The van der Waals surface area contributed by atoms with Crippen LogP contribution in [0.3, 0.4) is 0 Å². The molecule has 2 rings (SSSR count). The van der Waals surface area contributed by atoms with Gasteiger partial charge in [0.2, 0.25) is 0 Å².